The van der Waals surface area contributed by atoms with Gasteiger partial charge in [0, 0.05) is 18.0 Å². The highest BCUT2D eigenvalue weighted by atomic mass is 16.5. The van der Waals surface area contributed by atoms with E-state index in [2.05, 4.69) is 24.4 Å². The summed E-state index contributed by atoms with van der Waals surface area (Å²) in [6.07, 6.45) is 12.6. The Morgan fingerprint density at radius 3 is 2.65 bits per heavy atom. The molecule has 0 heterocycles. The van der Waals surface area contributed by atoms with E-state index in [1.54, 1.807) is 6.08 Å². The molecule has 190 valence electrons. The van der Waals surface area contributed by atoms with Crippen LogP contribution in [0.15, 0.2) is 54.6 Å². The fourth-order valence-corrected chi connectivity index (χ4v) is 4.41. The van der Waals surface area contributed by atoms with Crippen molar-refractivity contribution in [1.29, 1.82) is 0 Å². The number of carbonyl (C=O) groups is 1. The van der Waals surface area contributed by atoms with Gasteiger partial charge in [0.15, 0.2) is 0 Å². The summed E-state index contributed by atoms with van der Waals surface area (Å²) in [6.45, 7) is 4.56. The molecule has 1 aliphatic carbocycles. The van der Waals surface area contributed by atoms with E-state index in [1.165, 1.54) is 0 Å². The van der Waals surface area contributed by atoms with Gasteiger partial charge in [0.2, 0.25) is 0 Å². The third-order valence-corrected chi connectivity index (χ3v) is 6.64. The summed E-state index contributed by atoms with van der Waals surface area (Å²) in [4.78, 5) is 11.7. The van der Waals surface area contributed by atoms with Gasteiger partial charge in [-0.3, -0.25) is 5.32 Å². The Kier molecular flexibility index (Phi) is 13.0. The van der Waals surface area contributed by atoms with Gasteiger partial charge in [-0.2, -0.15) is 0 Å². The number of hydrogen-bond donors (Lipinski definition) is 4. The Bertz CT molecular complexity index is 750. The number of aliphatic hydroxyl groups is 3. The van der Waals surface area contributed by atoms with Crippen LogP contribution < -0.4 is 5.32 Å². The molecule has 1 unspecified atom stereocenters. The lowest BCUT2D eigenvalue weighted by Gasteiger charge is -2.21. The first-order chi connectivity index (χ1) is 16.4. The first kappa shape index (κ1) is 28.1. The van der Waals surface area contributed by atoms with E-state index in [0.29, 0.717) is 25.1 Å². The number of unbranched alkanes of at least 4 members (excludes halogenated alkanes) is 3. The fourth-order valence-electron chi connectivity index (χ4n) is 4.41. The summed E-state index contributed by atoms with van der Waals surface area (Å²) in [5.74, 6) is -0.0127. The van der Waals surface area contributed by atoms with Crippen molar-refractivity contribution in [1.82, 2.24) is 0 Å². The van der Waals surface area contributed by atoms with Crippen molar-refractivity contribution >= 4 is 11.8 Å². The standard InChI is InChI=1S/C28H43NO5/c1-3-4-13-21(2)25(30)18-17-24-23(26(31)20-27(24)32)16-11-6-5-7-12-19-34-28(33)29-22-14-9-8-10-15-22/h6,8-11,14-15,17-18,21,23-27,30-32H,3-5,7,12-13,16,19-20H2,1-2H3,(H,29,33)/b11-6-,18-17+/t21?,23-,24-,25-,26+,27-/m1/s1. The van der Waals surface area contributed by atoms with Crippen molar-refractivity contribution in [3.63, 3.8) is 0 Å². The van der Waals surface area contributed by atoms with Gasteiger partial charge in [-0.1, -0.05) is 69.2 Å². The van der Waals surface area contributed by atoms with Crippen LogP contribution in [-0.4, -0.2) is 46.3 Å². The number of benzene rings is 1. The van der Waals surface area contributed by atoms with Crippen LogP contribution in [0.5, 0.6) is 0 Å². The van der Waals surface area contributed by atoms with Crippen molar-refractivity contribution in [3.05, 3.63) is 54.6 Å². The fraction of sp³-hybridized carbons (Fsp3) is 0.607. The first-order valence-corrected chi connectivity index (χ1v) is 12.8. The summed E-state index contributed by atoms with van der Waals surface area (Å²) >= 11 is 0. The molecule has 1 saturated carbocycles. The van der Waals surface area contributed by atoms with E-state index in [1.807, 2.05) is 43.3 Å². The number of ether oxygens (including phenoxy) is 1. The number of amides is 1. The van der Waals surface area contributed by atoms with Gasteiger partial charge in [-0.05, 0) is 56.1 Å². The van der Waals surface area contributed by atoms with Gasteiger partial charge in [0.1, 0.15) is 0 Å². The molecule has 1 fully saturated rings. The minimum absolute atomic E-state index is 0.0503. The molecule has 1 aliphatic rings. The third kappa shape index (κ3) is 10.00. The van der Waals surface area contributed by atoms with E-state index < -0.39 is 24.4 Å². The summed E-state index contributed by atoms with van der Waals surface area (Å²) in [6, 6.07) is 9.21. The third-order valence-electron chi connectivity index (χ3n) is 6.64. The Balaban J connectivity index is 1.66. The highest BCUT2D eigenvalue weighted by molar-refractivity contribution is 5.84. The Hall–Kier alpha value is -2.15. The number of nitrogens with one attached hydrogen (secondary N) is 1. The molecular weight excluding hydrogens is 430 g/mol. The number of carbonyl (C=O) groups excluding carboxylic acids is 1. The molecule has 4 N–H and O–H groups in total. The molecule has 0 bridgehead atoms. The number of allylic oxidation sites excluding steroid dienone is 2. The predicted octanol–water partition coefficient (Wildman–Crippen LogP) is 5.45. The summed E-state index contributed by atoms with van der Waals surface area (Å²) in [5.41, 5.74) is 0.711. The van der Waals surface area contributed by atoms with Crippen LogP contribution in [0.4, 0.5) is 10.5 Å². The summed E-state index contributed by atoms with van der Waals surface area (Å²) in [7, 11) is 0. The minimum Gasteiger partial charge on any atom is -0.449 e. The average Bonchev–Trinajstić information content (AvgIpc) is 3.09. The number of anilines is 1. The molecule has 0 spiro atoms. The molecule has 34 heavy (non-hydrogen) atoms. The first-order valence-electron chi connectivity index (χ1n) is 12.8. The maximum atomic E-state index is 11.7. The summed E-state index contributed by atoms with van der Waals surface area (Å²) in [5, 5.41) is 33.9. The van der Waals surface area contributed by atoms with E-state index >= 15 is 0 Å². The number of aliphatic hydroxyl groups excluding tert-OH is 3. The lowest BCUT2D eigenvalue weighted by molar-refractivity contribution is 0.120. The van der Waals surface area contributed by atoms with Crippen LogP contribution in [0.2, 0.25) is 0 Å². The van der Waals surface area contributed by atoms with Crippen LogP contribution in [0, 0.1) is 17.8 Å². The molecule has 0 aliphatic heterocycles. The molecule has 0 aromatic heterocycles. The Morgan fingerprint density at radius 1 is 1.15 bits per heavy atom. The molecule has 6 atom stereocenters. The molecule has 6 nitrogen and oxygen atoms in total. The van der Waals surface area contributed by atoms with Crippen LogP contribution in [-0.2, 0) is 4.74 Å². The van der Waals surface area contributed by atoms with Gasteiger partial charge in [0.05, 0.1) is 24.9 Å². The molecule has 1 amide bonds. The second-order valence-electron chi connectivity index (χ2n) is 9.44. The predicted molar refractivity (Wildman–Crippen MR) is 136 cm³/mol. The van der Waals surface area contributed by atoms with Crippen LogP contribution in [0.3, 0.4) is 0 Å². The van der Waals surface area contributed by atoms with E-state index in [9.17, 15) is 20.1 Å². The summed E-state index contributed by atoms with van der Waals surface area (Å²) < 4.78 is 5.20. The van der Waals surface area contributed by atoms with Crippen molar-refractivity contribution in [2.24, 2.45) is 17.8 Å². The van der Waals surface area contributed by atoms with Gasteiger partial charge in [-0.25, -0.2) is 4.79 Å². The second kappa shape index (κ2) is 15.7. The average molecular weight is 474 g/mol. The molecule has 2 rings (SSSR count). The van der Waals surface area contributed by atoms with E-state index in [4.69, 9.17) is 4.74 Å². The van der Waals surface area contributed by atoms with Crippen LogP contribution in [0.1, 0.15) is 65.2 Å². The second-order valence-corrected chi connectivity index (χ2v) is 9.44. The van der Waals surface area contributed by atoms with E-state index in [-0.39, 0.29) is 17.8 Å². The van der Waals surface area contributed by atoms with Gasteiger partial charge in [-0.15, -0.1) is 0 Å². The normalized spacial score (nSPS) is 24.5. The quantitative estimate of drug-likeness (QED) is 0.213. The van der Waals surface area contributed by atoms with Crippen molar-refractivity contribution < 1.29 is 24.9 Å². The molecule has 0 saturated heterocycles. The lowest BCUT2D eigenvalue weighted by atomic mass is 9.88. The molecule has 6 heteroatoms. The van der Waals surface area contributed by atoms with Crippen molar-refractivity contribution in [2.45, 2.75) is 83.5 Å². The van der Waals surface area contributed by atoms with Crippen LogP contribution in [0.25, 0.3) is 0 Å². The number of hydrogen-bond acceptors (Lipinski definition) is 5. The van der Waals surface area contributed by atoms with Gasteiger partial charge < -0.3 is 20.1 Å². The monoisotopic (exact) mass is 473 g/mol. The maximum Gasteiger partial charge on any atom is 0.411 e. The maximum absolute atomic E-state index is 11.7. The Morgan fingerprint density at radius 2 is 1.91 bits per heavy atom. The topological polar surface area (TPSA) is 99.0 Å². The van der Waals surface area contributed by atoms with Crippen molar-refractivity contribution in [2.75, 3.05) is 11.9 Å². The van der Waals surface area contributed by atoms with Gasteiger partial charge in [0.25, 0.3) is 0 Å². The Labute approximate surface area is 204 Å². The highest BCUT2D eigenvalue weighted by Crippen LogP contribution is 2.36. The van der Waals surface area contributed by atoms with Gasteiger partial charge >= 0.3 is 6.09 Å². The van der Waals surface area contributed by atoms with Crippen molar-refractivity contribution in [3.8, 4) is 0 Å². The van der Waals surface area contributed by atoms with E-state index in [0.717, 1.165) is 38.5 Å². The lowest BCUT2D eigenvalue weighted by Crippen LogP contribution is -2.21. The SMILES string of the molecule is CCCCC(C)[C@H](O)/C=C/[C@@H]1[C@@H](C/C=C\CCCCOC(=O)Nc2ccccc2)[C@@H](O)C[C@H]1O. The largest absolute Gasteiger partial charge is 0.449 e. The van der Waals surface area contributed by atoms with Crippen LogP contribution >= 0.6 is 0 Å². The zero-order valence-electron chi connectivity index (χ0n) is 20.7. The number of para-hydroxylation sites is 1. The molecule has 0 radical (unpaired) electrons. The molecule has 1 aromatic rings. The highest BCUT2D eigenvalue weighted by Gasteiger charge is 2.39. The molecule has 1 aromatic carbocycles. The zero-order valence-corrected chi connectivity index (χ0v) is 20.7. The smallest absolute Gasteiger partial charge is 0.411 e. The molecular formula is C28H43NO5. The number of rotatable bonds is 14. The minimum atomic E-state index is -0.582. The zero-order chi connectivity index (χ0) is 24.8.